The lowest BCUT2D eigenvalue weighted by atomic mass is 9.82. The van der Waals surface area contributed by atoms with Crippen LogP contribution in [0.2, 0.25) is 0 Å². The predicted octanol–water partition coefficient (Wildman–Crippen LogP) is 2.20. The lowest BCUT2D eigenvalue weighted by molar-refractivity contribution is -0.132. The van der Waals surface area contributed by atoms with Crippen LogP contribution in [0.1, 0.15) is 58.3 Å². The van der Waals surface area contributed by atoms with Gasteiger partial charge in [-0.25, -0.2) is 0 Å². The molecule has 0 radical (unpaired) electrons. The molecule has 0 aromatic carbocycles. The summed E-state index contributed by atoms with van der Waals surface area (Å²) in [5, 5.41) is 3.29. The third kappa shape index (κ3) is 2.49. The highest BCUT2D eigenvalue weighted by Crippen LogP contribution is 2.41. The van der Waals surface area contributed by atoms with Crippen molar-refractivity contribution < 1.29 is 4.79 Å². The average molecular weight is 238 g/mol. The van der Waals surface area contributed by atoms with E-state index < -0.39 is 0 Å². The molecule has 0 aromatic heterocycles. The van der Waals surface area contributed by atoms with Crippen LogP contribution in [0.5, 0.6) is 0 Å². The number of carbonyl (C=O) groups excluding carboxylic acids is 1. The third-order valence-electron chi connectivity index (χ3n) is 5.00. The van der Waals surface area contributed by atoms with Crippen LogP contribution in [-0.2, 0) is 4.79 Å². The normalized spacial score (nSPS) is 31.6. The molecule has 2 unspecified atom stereocenters. The first-order valence-electron chi connectivity index (χ1n) is 7.23. The molecule has 0 aromatic rings. The van der Waals surface area contributed by atoms with Gasteiger partial charge in [-0.05, 0) is 44.6 Å². The molecule has 2 aliphatic carbocycles. The van der Waals surface area contributed by atoms with Crippen LogP contribution < -0.4 is 11.1 Å². The molecule has 1 amide bonds. The van der Waals surface area contributed by atoms with E-state index in [1.165, 1.54) is 25.7 Å². The summed E-state index contributed by atoms with van der Waals surface area (Å²) in [6, 6.07) is 0.344. The van der Waals surface area contributed by atoms with Crippen LogP contribution in [-0.4, -0.2) is 18.5 Å². The van der Waals surface area contributed by atoms with Gasteiger partial charge < -0.3 is 11.1 Å². The van der Waals surface area contributed by atoms with E-state index in [4.69, 9.17) is 5.73 Å². The zero-order valence-electron chi connectivity index (χ0n) is 11.0. The maximum atomic E-state index is 12.5. The zero-order chi connectivity index (χ0) is 12.3. The van der Waals surface area contributed by atoms with E-state index >= 15 is 0 Å². The quantitative estimate of drug-likeness (QED) is 0.789. The van der Waals surface area contributed by atoms with Crippen molar-refractivity contribution in [1.29, 1.82) is 0 Å². The molecule has 2 aliphatic rings. The van der Waals surface area contributed by atoms with Crippen molar-refractivity contribution in [3.05, 3.63) is 0 Å². The first-order valence-corrected chi connectivity index (χ1v) is 7.23. The Hall–Kier alpha value is -0.570. The maximum Gasteiger partial charge on any atom is 0.226 e. The Balaban J connectivity index is 1.96. The van der Waals surface area contributed by atoms with Crippen LogP contribution in [0, 0.1) is 11.3 Å². The smallest absolute Gasteiger partial charge is 0.226 e. The lowest BCUT2D eigenvalue weighted by Gasteiger charge is -2.29. The fraction of sp³-hybridized carbons (Fsp3) is 0.929. The first kappa shape index (κ1) is 12.9. The van der Waals surface area contributed by atoms with Gasteiger partial charge in [0, 0.05) is 11.5 Å². The summed E-state index contributed by atoms with van der Waals surface area (Å²) in [5.41, 5.74) is 5.71. The molecule has 0 aliphatic heterocycles. The van der Waals surface area contributed by atoms with Gasteiger partial charge in [-0.15, -0.1) is 0 Å². The highest BCUT2D eigenvalue weighted by molar-refractivity contribution is 5.83. The second-order valence-electron chi connectivity index (χ2n) is 5.85. The minimum absolute atomic E-state index is 0.0538. The fourth-order valence-corrected chi connectivity index (χ4v) is 3.62. The van der Waals surface area contributed by atoms with Gasteiger partial charge >= 0.3 is 0 Å². The van der Waals surface area contributed by atoms with E-state index in [2.05, 4.69) is 12.2 Å². The summed E-state index contributed by atoms with van der Waals surface area (Å²) in [6.07, 6.45) is 9.09. The molecule has 0 heterocycles. The molecule has 0 spiro atoms. The van der Waals surface area contributed by atoms with Crippen molar-refractivity contribution in [2.24, 2.45) is 17.1 Å². The predicted molar refractivity (Wildman–Crippen MR) is 69.5 cm³/mol. The number of hydrogen-bond donors (Lipinski definition) is 2. The summed E-state index contributed by atoms with van der Waals surface area (Å²) >= 11 is 0. The lowest BCUT2D eigenvalue weighted by Crippen LogP contribution is -2.46. The van der Waals surface area contributed by atoms with Crippen LogP contribution in [0.3, 0.4) is 0 Å². The van der Waals surface area contributed by atoms with Crippen LogP contribution in [0.4, 0.5) is 0 Å². The SMILES string of the molecule is CCC1(C(=O)NC2CCCC2CN)CCCC1. The molecule has 0 saturated heterocycles. The van der Waals surface area contributed by atoms with Crippen molar-refractivity contribution in [3.8, 4) is 0 Å². The third-order valence-corrected chi connectivity index (χ3v) is 5.00. The Morgan fingerprint density at radius 1 is 1.29 bits per heavy atom. The van der Waals surface area contributed by atoms with Crippen molar-refractivity contribution in [2.45, 2.75) is 64.3 Å². The summed E-state index contributed by atoms with van der Waals surface area (Å²) in [6.45, 7) is 2.87. The molecular formula is C14H26N2O. The van der Waals surface area contributed by atoms with Crippen molar-refractivity contribution in [1.82, 2.24) is 5.32 Å². The van der Waals surface area contributed by atoms with Crippen molar-refractivity contribution in [3.63, 3.8) is 0 Å². The number of amides is 1. The van der Waals surface area contributed by atoms with Crippen LogP contribution in [0.15, 0.2) is 0 Å². The molecular weight excluding hydrogens is 212 g/mol. The summed E-state index contributed by atoms with van der Waals surface area (Å²) in [4.78, 5) is 12.5. The van der Waals surface area contributed by atoms with E-state index in [0.717, 1.165) is 25.7 Å². The van der Waals surface area contributed by atoms with Crippen molar-refractivity contribution in [2.75, 3.05) is 6.54 Å². The zero-order valence-corrected chi connectivity index (χ0v) is 11.0. The van der Waals surface area contributed by atoms with Gasteiger partial charge in [0.05, 0.1) is 0 Å². The number of carbonyl (C=O) groups is 1. The van der Waals surface area contributed by atoms with E-state index in [9.17, 15) is 4.79 Å². The molecule has 3 nitrogen and oxygen atoms in total. The van der Waals surface area contributed by atoms with E-state index in [1.807, 2.05) is 0 Å². The van der Waals surface area contributed by atoms with Gasteiger partial charge in [-0.1, -0.05) is 26.2 Å². The highest BCUT2D eigenvalue weighted by atomic mass is 16.2. The molecule has 3 heteroatoms. The first-order chi connectivity index (χ1) is 8.22. The second kappa shape index (κ2) is 5.38. The highest BCUT2D eigenvalue weighted by Gasteiger charge is 2.41. The Bertz CT molecular complexity index is 271. The Labute approximate surface area is 105 Å². The number of rotatable bonds is 4. The summed E-state index contributed by atoms with van der Waals surface area (Å²) in [7, 11) is 0. The molecule has 2 saturated carbocycles. The van der Waals surface area contributed by atoms with E-state index in [0.29, 0.717) is 24.4 Å². The van der Waals surface area contributed by atoms with E-state index in [1.54, 1.807) is 0 Å². The number of nitrogens with one attached hydrogen (secondary N) is 1. The maximum absolute atomic E-state index is 12.5. The number of hydrogen-bond acceptors (Lipinski definition) is 2. The molecule has 17 heavy (non-hydrogen) atoms. The summed E-state index contributed by atoms with van der Waals surface area (Å²) < 4.78 is 0. The molecule has 3 N–H and O–H groups in total. The minimum atomic E-state index is -0.0538. The Kier molecular flexibility index (Phi) is 4.08. The largest absolute Gasteiger partial charge is 0.353 e. The standard InChI is InChI=1S/C14H26N2O/c1-2-14(8-3-4-9-14)13(17)16-12-7-5-6-11(12)10-15/h11-12H,2-10,15H2,1H3,(H,16,17). The monoisotopic (exact) mass is 238 g/mol. The second-order valence-corrected chi connectivity index (χ2v) is 5.85. The van der Waals surface area contributed by atoms with Gasteiger partial charge in [0.1, 0.15) is 0 Å². The van der Waals surface area contributed by atoms with Crippen LogP contribution in [0.25, 0.3) is 0 Å². The molecule has 2 atom stereocenters. The van der Waals surface area contributed by atoms with E-state index in [-0.39, 0.29) is 5.41 Å². The van der Waals surface area contributed by atoms with Gasteiger partial charge in [0.25, 0.3) is 0 Å². The van der Waals surface area contributed by atoms with Gasteiger partial charge in [0.2, 0.25) is 5.91 Å². The molecule has 2 fully saturated rings. The molecule has 0 bridgehead atoms. The fourth-order valence-electron chi connectivity index (χ4n) is 3.62. The van der Waals surface area contributed by atoms with Gasteiger partial charge in [-0.2, -0.15) is 0 Å². The van der Waals surface area contributed by atoms with Crippen molar-refractivity contribution >= 4 is 5.91 Å². The minimum Gasteiger partial charge on any atom is -0.353 e. The topological polar surface area (TPSA) is 55.1 Å². The van der Waals surface area contributed by atoms with Gasteiger partial charge in [0.15, 0.2) is 0 Å². The Morgan fingerprint density at radius 2 is 2.00 bits per heavy atom. The summed E-state index contributed by atoms with van der Waals surface area (Å²) in [5.74, 6) is 0.817. The van der Waals surface area contributed by atoms with Crippen LogP contribution >= 0.6 is 0 Å². The molecule has 98 valence electrons. The number of nitrogens with two attached hydrogens (primary N) is 1. The molecule has 2 rings (SSSR count). The van der Waals surface area contributed by atoms with Gasteiger partial charge in [-0.3, -0.25) is 4.79 Å². The Morgan fingerprint density at radius 3 is 2.59 bits per heavy atom. The average Bonchev–Trinajstić information content (AvgIpc) is 2.97.